The van der Waals surface area contributed by atoms with Crippen molar-refractivity contribution < 1.29 is 85.5 Å². The summed E-state index contributed by atoms with van der Waals surface area (Å²) in [6.45, 7) is 28.5. The molecular weight excluding hydrogens is 1270 g/mol. The van der Waals surface area contributed by atoms with Crippen LogP contribution in [0.4, 0.5) is 29.0 Å². The summed E-state index contributed by atoms with van der Waals surface area (Å²) in [4.78, 5) is 64.1. The van der Waals surface area contributed by atoms with Gasteiger partial charge in [-0.2, -0.15) is 4.98 Å². The fourth-order valence-electron chi connectivity index (χ4n) is 11.6. The van der Waals surface area contributed by atoms with Crippen molar-refractivity contribution in [1.29, 1.82) is 0 Å². The van der Waals surface area contributed by atoms with Crippen LogP contribution in [0.3, 0.4) is 0 Å². The number of imidazole rings is 2. The van der Waals surface area contributed by atoms with E-state index in [0.717, 1.165) is 35.8 Å². The number of anilines is 3. The molecule has 7 aromatic rings. The summed E-state index contributed by atoms with van der Waals surface area (Å²) >= 11 is 0. The second-order valence-corrected chi connectivity index (χ2v) is 28.1. The lowest BCUT2D eigenvalue weighted by Gasteiger charge is -2.29. The van der Waals surface area contributed by atoms with Crippen molar-refractivity contribution in [2.75, 3.05) is 56.2 Å². The molecule has 5 aliphatic rings. The fourth-order valence-corrected chi connectivity index (χ4v) is 14.3. The molecule has 3 saturated heterocycles. The average molecular weight is 1350 g/mol. The maximum atomic E-state index is 14.0. The van der Waals surface area contributed by atoms with Crippen LogP contribution in [-0.4, -0.2) is 153 Å². The molecule has 3 fully saturated rings. The lowest BCUT2D eigenvalue weighted by Crippen LogP contribution is -2.85. The molecule has 12 rings (SSSR count). The molecule has 32 nitrogen and oxygen atoms in total. The molecule has 94 heavy (non-hydrogen) atoms. The molecule has 3 unspecified atom stereocenters. The number of fused-ring (bicyclic) bond motifs is 11. The highest BCUT2D eigenvalue weighted by Crippen LogP contribution is 2.55. The summed E-state index contributed by atoms with van der Waals surface area (Å²) in [5, 5.41) is 46.4. The van der Waals surface area contributed by atoms with Crippen LogP contribution >= 0.6 is 15.6 Å². The Bertz CT molecular complexity index is 4230. The highest BCUT2D eigenvalue weighted by Gasteiger charge is 2.47. The van der Waals surface area contributed by atoms with Crippen LogP contribution in [0.2, 0.25) is 0 Å². The van der Waals surface area contributed by atoms with Gasteiger partial charge in [0.05, 0.1) is 91.1 Å². The predicted octanol–water partition coefficient (Wildman–Crippen LogP) is 5.81. The maximum Gasteiger partial charge on any atom is 0.475 e. The Hall–Kier alpha value is -7.29. The Morgan fingerprint density at radius 1 is 0.862 bits per heavy atom. The quantitative estimate of drug-likeness (QED) is 0.0179. The minimum absolute atomic E-state index is 0.0380. The number of phenols is 4. The summed E-state index contributed by atoms with van der Waals surface area (Å²) in [6, 6.07) is 3.03. The molecule has 5 aromatic heterocycles. The Labute approximate surface area is 540 Å². The Kier molecular flexibility index (Phi) is 20.6. The summed E-state index contributed by atoms with van der Waals surface area (Å²) < 4.78 is 82.8. The number of quaternary nitrogens is 1. The van der Waals surface area contributed by atoms with Crippen LogP contribution in [-0.2, 0) is 57.2 Å². The van der Waals surface area contributed by atoms with Gasteiger partial charge in [-0.25, -0.2) is 19.1 Å². The average Bonchev–Trinajstić information content (AvgIpc) is 1.59. The summed E-state index contributed by atoms with van der Waals surface area (Å²) in [5.41, 5.74) is 16.9. The number of hydrogen-bond acceptors (Lipinski definition) is 25. The lowest BCUT2D eigenvalue weighted by molar-refractivity contribution is -0.739. The zero-order valence-corrected chi connectivity index (χ0v) is 56.3. The van der Waals surface area contributed by atoms with Crippen LogP contribution in [0.15, 0.2) is 45.9 Å². The number of phosphoric ester groups is 2. The van der Waals surface area contributed by atoms with E-state index in [2.05, 4.69) is 46.8 Å². The van der Waals surface area contributed by atoms with Crippen LogP contribution in [0.25, 0.3) is 38.8 Å². The van der Waals surface area contributed by atoms with E-state index < -0.39 is 75.8 Å². The molecule has 2 aromatic carbocycles. The molecule has 0 spiro atoms. The third-order valence-electron chi connectivity index (χ3n) is 15.8. The largest absolute Gasteiger partial charge is 0.756 e. The maximum absolute atomic E-state index is 14.0. The van der Waals surface area contributed by atoms with Gasteiger partial charge in [-0.05, 0) is 67.2 Å². The molecule has 5 aliphatic heterocycles. The van der Waals surface area contributed by atoms with Gasteiger partial charge in [-0.3, -0.25) is 51.7 Å². The van der Waals surface area contributed by atoms with Crippen molar-refractivity contribution in [3.8, 4) is 23.0 Å². The number of aromatic hydroxyl groups is 4. The molecule has 512 valence electrons. The first kappa shape index (κ1) is 69.5. The summed E-state index contributed by atoms with van der Waals surface area (Å²) in [5.74, 6) is 0.180. The van der Waals surface area contributed by atoms with E-state index in [-0.39, 0.29) is 133 Å². The van der Waals surface area contributed by atoms with E-state index in [4.69, 9.17) is 53.0 Å². The number of ether oxygens (including phenoxy) is 4. The van der Waals surface area contributed by atoms with E-state index in [0.29, 0.717) is 27.7 Å². The molecule has 0 aliphatic carbocycles. The Morgan fingerprint density at radius 3 is 2.19 bits per heavy atom. The number of aromatic amines is 3. The highest BCUT2D eigenvalue weighted by molar-refractivity contribution is 7.48. The second kappa shape index (κ2) is 27.8. The number of phosphoric acid groups is 2. The van der Waals surface area contributed by atoms with Gasteiger partial charge in [-0.15, -0.1) is 0 Å². The zero-order chi connectivity index (χ0) is 68.2. The van der Waals surface area contributed by atoms with Crippen LogP contribution in [0.1, 0.15) is 131 Å². The van der Waals surface area contributed by atoms with Gasteiger partial charge >= 0.3 is 13.5 Å². The first-order valence-corrected chi connectivity index (χ1v) is 34.1. The first-order valence-electron chi connectivity index (χ1n) is 31.2. The number of benzene rings is 2. The van der Waals surface area contributed by atoms with Crippen LogP contribution in [0, 0.1) is 5.92 Å². The smallest absolute Gasteiger partial charge is 0.475 e. The molecule has 10 heterocycles. The number of nitrogens with one attached hydrogen (secondary N) is 5. The number of hydrogen-bond donors (Lipinski definition) is 11. The van der Waals surface area contributed by atoms with Crippen LogP contribution in [0.5, 0.6) is 23.0 Å². The molecule has 0 saturated carbocycles. The monoisotopic (exact) mass is 1350 g/mol. The van der Waals surface area contributed by atoms with Crippen molar-refractivity contribution in [3.63, 3.8) is 0 Å². The van der Waals surface area contributed by atoms with E-state index in [9.17, 15) is 44.0 Å². The van der Waals surface area contributed by atoms with Gasteiger partial charge < -0.3 is 75.1 Å². The van der Waals surface area contributed by atoms with Crippen molar-refractivity contribution >= 4 is 89.1 Å². The third kappa shape index (κ3) is 15.0. The number of nitrogen functional groups attached to an aromatic ring is 2. The SMILES string of the molecule is C=C1C(C(C)C)=Nc2c(O)cc([NH+]3CC3)c(O)c21.CC(C)OC[C@H]1OC2C[C@H]1OP(=O)(OC(C)C)OCCNc1cc(O)c3[nH]c(C(C)C)c(c3c1O)Cn1c[n+]2c2nc(N)[nH]c(=O)c21.CC(C)OC[C@H]1O[C@@H](n2cnc3c(=O)[nH]c(N)nc32)C[C@H]1OP(=O)([O-])OC(C)C. The highest BCUT2D eigenvalue weighted by atomic mass is 31.2. The Balaban J connectivity index is 0.000000173. The normalized spacial score (nSPS) is 23.0. The molecule has 8 atom stereocenters. The van der Waals surface area contributed by atoms with Gasteiger partial charge in [-0.1, -0.05) is 39.3 Å². The number of rotatable bonds is 16. The van der Waals surface area contributed by atoms with Crippen molar-refractivity contribution in [3.05, 3.63) is 68.9 Å². The van der Waals surface area contributed by atoms with Gasteiger partial charge in [0, 0.05) is 48.3 Å². The molecular formula is C60H85N14O18P2+. The van der Waals surface area contributed by atoms with Crippen molar-refractivity contribution in [2.45, 2.75) is 170 Å². The topological polar surface area (TPSA) is 436 Å². The number of H-pyrrole nitrogens is 3. The van der Waals surface area contributed by atoms with Gasteiger partial charge in [0.2, 0.25) is 11.5 Å². The molecule has 13 N–H and O–H groups in total. The summed E-state index contributed by atoms with van der Waals surface area (Å²) in [7, 11) is -8.71. The minimum atomic E-state index is -4.55. The molecule has 0 radical (unpaired) electrons. The number of allylic oxidation sites excluding steroid dienone is 1. The third-order valence-corrected chi connectivity index (χ3v) is 18.7. The number of nitrogens with zero attached hydrogens (tertiary/aromatic N) is 7. The van der Waals surface area contributed by atoms with Crippen molar-refractivity contribution in [2.24, 2.45) is 10.9 Å². The van der Waals surface area contributed by atoms with Crippen molar-refractivity contribution in [1.82, 2.24) is 39.0 Å². The summed E-state index contributed by atoms with van der Waals surface area (Å²) in [6.07, 6.45) is -2.23. The number of aliphatic imine (C=N–C) groups is 1. The number of nitrogens with two attached hydrogens (primary N) is 2. The van der Waals surface area contributed by atoms with E-state index in [1.165, 1.54) is 21.9 Å². The fraction of sp³-hybridized carbons (Fsp3) is 0.550. The van der Waals surface area contributed by atoms with Gasteiger partial charge in [0.25, 0.3) is 24.9 Å². The van der Waals surface area contributed by atoms with Gasteiger partial charge in [0.1, 0.15) is 60.6 Å². The molecule has 34 heteroatoms. The van der Waals surface area contributed by atoms with Gasteiger partial charge in [0.15, 0.2) is 35.2 Å². The first-order chi connectivity index (χ1) is 44.3. The lowest BCUT2D eigenvalue weighted by atomic mass is 9.96. The molecule has 6 bridgehead atoms. The number of phenolic OH excluding ortho intramolecular Hbond substituents is 4. The standard InChI is InChI=1S/C30H42N7O9P.C16H26N5O7P.C14H16N2O2/c1-14(2)24-17-11-36-13-37(28-26(36)29(40)35-30(31)34-28)22-10-20(21(44-22)12-42-15(3)4)46-47(41,45-16(5)6)43-8-7-32-18-9-19(38)25(33-24)23(17)27(18)39;1-8(2)25-6-11-10(28-29(23,24)27-9(3)4)5-12(26-11)21-7-18-13-14(21)19-16(17)20-15(13)22;1-7(2)12-8(3)11-13(15-12)10(17)6-9(14(11)18)16-4-5-16/h9,13-16,20-22,32-33H,7-8,10-12H2,1-6H3,(H4-,31,34,35,38,39,40);7-12H,5-6H2,1-4H3,(H,23,24)(H3,17,19,20,22);6-7,17-18H,3-5H2,1-2H3/p+1/t20-,21-,22?,47?;10-,11-,12-;/m11./s1. The number of aromatic nitrogens is 9. The predicted molar refractivity (Wildman–Crippen MR) is 345 cm³/mol. The van der Waals surface area contributed by atoms with E-state index in [1.807, 2.05) is 55.4 Å². The van der Waals surface area contributed by atoms with Crippen LogP contribution < -0.4 is 42.3 Å². The molecule has 0 amide bonds. The minimum Gasteiger partial charge on any atom is -0.756 e. The van der Waals surface area contributed by atoms with E-state index in [1.54, 1.807) is 49.2 Å². The van der Waals surface area contributed by atoms with E-state index >= 15 is 0 Å². The zero-order valence-electron chi connectivity index (χ0n) is 54.5. The Morgan fingerprint density at radius 2 is 1.54 bits per heavy atom. The second-order valence-electron chi connectivity index (χ2n) is 25.3.